The van der Waals surface area contributed by atoms with E-state index in [-0.39, 0.29) is 0 Å². The molecule has 0 spiro atoms. The molecule has 0 N–H and O–H groups in total. The van der Waals surface area contributed by atoms with E-state index in [9.17, 15) is 8.42 Å². The Morgan fingerprint density at radius 2 is 1.57 bits per heavy atom. The number of nitrogens with zero attached hydrogens (tertiary/aromatic N) is 1. The van der Waals surface area contributed by atoms with Crippen LogP contribution < -0.4 is 0 Å². The standard InChI is InChI=1S/C16H13NO3S/c1-21(18,19)14-9-7-12(8-10-14)15-11-17-20-16(15)13-5-3-2-4-6-13/h2-11H,1H3. The Bertz CT molecular complexity index is 850. The molecule has 0 amide bonds. The van der Waals surface area contributed by atoms with Gasteiger partial charge in [-0.1, -0.05) is 47.6 Å². The molecule has 0 radical (unpaired) electrons. The molecule has 2 aromatic carbocycles. The summed E-state index contributed by atoms with van der Waals surface area (Å²) in [6, 6.07) is 16.4. The average molecular weight is 299 g/mol. The van der Waals surface area contributed by atoms with Crippen LogP contribution in [0.3, 0.4) is 0 Å². The normalized spacial score (nSPS) is 11.5. The van der Waals surface area contributed by atoms with E-state index in [1.54, 1.807) is 30.5 Å². The van der Waals surface area contributed by atoms with Crippen molar-refractivity contribution in [3.8, 4) is 22.5 Å². The Morgan fingerprint density at radius 3 is 2.19 bits per heavy atom. The fourth-order valence-electron chi connectivity index (χ4n) is 2.12. The van der Waals surface area contributed by atoms with Crippen molar-refractivity contribution < 1.29 is 12.9 Å². The van der Waals surface area contributed by atoms with Crippen molar-refractivity contribution in [2.24, 2.45) is 0 Å². The Morgan fingerprint density at radius 1 is 0.905 bits per heavy atom. The van der Waals surface area contributed by atoms with Gasteiger partial charge in [-0.15, -0.1) is 0 Å². The number of rotatable bonds is 3. The Hall–Kier alpha value is -2.40. The van der Waals surface area contributed by atoms with Gasteiger partial charge in [-0.2, -0.15) is 0 Å². The van der Waals surface area contributed by atoms with E-state index in [2.05, 4.69) is 5.16 Å². The van der Waals surface area contributed by atoms with Crippen LogP contribution in [0.25, 0.3) is 22.5 Å². The first-order chi connectivity index (χ1) is 10.1. The van der Waals surface area contributed by atoms with Crippen molar-refractivity contribution in [3.05, 3.63) is 60.8 Å². The third-order valence-electron chi connectivity index (χ3n) is 3.20. The summed E-state index contributed by atoms with van der Waals surface area (Å²) in [4.78, 5) is 0.295. The second kappa shape index (κ2) is 5.18. The van der Waals surface area contributed by atoms with E-state index in [1.165, 1.54) is 6.26 Å². The molecule has 3 aromatic rings. The fraction of sp³-hybridized carbons (Fsp3) is 0.0625. The maximum Gasteiger partial charge on any atom is 0.175 e. The maximum absolute atomic E-state index is 11.5. The SMILES string of the molecule is CS(=O)(=O)c1ccc(-c2cnoc2-c2ccccc2)cc1. The van der Waals surface area contributed by atoms with Crippen LogP contribution in [0, 0.1) is 0 Å². The maximum atomic E-state index is 11.5. The molecule has 1 aromatic heterocycles. The molecule has 0 atom stereocenters. The minimum atomic E-state index is -3.19. The highest BCUT2D eigenvalue weighted by Gasteiger charge is 2.13. The molecule has 0 aliphatic carbocycles. The highest BCUT2D eigenvalue weighted by molar-refractivity contribution is 7.90. The molecule has 3 rings (SSSR count). The molecule has 106 valence electrons. The van der Waals surface area contributed by atoms with Crippen LogP contribution in [0.4, 0.5) is 0 Å². The van der Waals surface area contributed by atoms with Crippen LogP contribution in [0.1, 0.15) is 0 Å². The van der Waals surface area contributed by atoms with Gasteiger partial charge in [0.1, 0.15) is 0 Å². The summed E-state index contributed by atoms with van der Waals surface area (Å²) in [5.41, 5.74) is 2.63. The smallest absolute Gasteiger partial charge is 0.175 e. The van der Waals surface area contributed by atoms with Crippen LogP contribution >= 0.6 is 0 Å². The van der Waals surface area contributed by atoms with Gasteiger partial charge >= 0.3 is 0 Å². The molecular formula is C16H13NO3S. The van der Waals surface area contributed by atoms with Crippen molar-refractivity contribution >= 4 is 9.84 Å². The van der Waals surface area contributed by atoms with Gasteiger partial charge in [0.2, 0.25) is 0 Å². The van der Waals surface area contributed by atoms with Gasteiger partial charge in [-0.25, -0.2) is 8.42 Å². The van der Waals surface area contributed by atoms with Crippen molar-refractivity contribution in [2.45, 2.75) is 4.90 Å². The van der Waals surface area contributed by atoms with Crippen molar-refractivity contribution in [2.75, 3.05) is 6.26 Å². The van der Waals surface area contributed by atoms with Crippen LogP contribution in [0.2, 0.25) is 0 Å². The third kappa shape index (κ3) is 2.73. The number of sulfone groups is 1. The van der Waals surface area contributed by atoms with E-state index in [1.807, 2.05) is 30.3 Å². The van der Waals surface area contributed by atoms with Crippen molar-refractivity contribution in [3.63, 3.8) is 0 Å². The first kappa shape index (κ1) is 13.6. The van der Waals surface area contributed by atoms with E-state index in [0.717, 1.165) is 16.7 Å². The topological polar surface area (TPSA) is 60.2 Å². The predicted molar refractivity (Wildman–Crippen MR) is 80.5 cm³/mol. The molecule has 0 aliphatic rings. The second-order valence-corrected chi connectivity index (χ2v) is 6.75. The molecule has 4 nitrogen and oxygen atoms in total. The van der Waals surface area contributed by atoms with Gasteiger partial charge in [0.15, 0.2) is 15.6 Å². The molecular weight excluding hydrogens is 286 g/mol. The zero-order valence-corrected chi connectivity index (χ0v) is 12.2. The monoisotopic (exact) mass is 299 g/mol. The minimum Gasteiger partial charge on any atom is -0.356 e. The lowest BCUT2D eigenvalue weighted by Crippen LogP contribution is -1.96. The number of aromatic nitrogens is 1. The van der Waals surface area contributed by atoms with E-state index in [4.69, 9.17) is 4.52 Å². The van der Waals surface area contributed by atoms with Crippen LogP contribution in [-0.2, 0) is 9.84 Å². The number of hydrogen-bond acceptors (Lipinski definition) is 4. The minimum absolute atomic E-state index is 0.295. The molecule has 0 unspecified atom stereocenters. The summed E-state index contributed by atoms with van der Waals surface area (Å²) in [7, 11) is -3.19. The largest absolute Gasteiger partial charge is 0.356 e. The van der Waals surface area contributed by atoms with Gasteiger partial charge in [-0.05, 0) is 17.7 Å². The van der Waals surface area contributed by atoms with Gasteiger partial charge in [0, 0.05) is 17.4 Å². The third-order valence-corrected chi connectivity index (χ3v) is 4.33. The summed E-state index contributed by atoms with van der Waals surface area (Å²) in [6.45, 7) is 0. The van der Waals surface area contributed by atoms with Crippen LogP contribution in [0.5, 0.6) is 0 Å². The Labute approximate surface area is 123 Å². The zero-order valence-electron chi connectivity index (χ0n) is 11.4. The first-order valence-corrected chi connectivity index (χ1v) is 8.25. The highest BCUT2D eigenvalue weighted by atomic mass is 32.2. The van der Waals surface area contributed by atoms with Gasteiger partial charge < -0.3 is 4.52 Å². The molecule has 5 heteroatoms. The molecule has 0 saturated heterocycles. The van der Waals surface area contributed by atoms with Crippen LogP contribution in [-0.4, -0.2) is 19.8 Å². The molecule has 21 heavy (non-hydrogen) atoms. The summed E-state index contributed by atoms with van der Waals surface area (Å²) in [5.74, 6) is 0.669. The average Bonchev–Trinajstić information content (AvgIpc) is 2.97. The number of benzene rings is 2. The molecule has 0 fully saturated rings. The lowest BCUT2D eigenvalue weighted by molar-refractivity contribution is 0.432. The van der Waals surface area contributed by atoms with Gasteiger partial charge in [0.25, 0.3) is 0 Å². The first-order valence-electron chi connectivity index (χ1n) is 6.36. The lowest BCUT2D eigenvalue weighted by atomic mass is 10.0. The van der Waals surface area contributed by atoms with Gasteiger partial charge in [-0.3, -0.25) is 0 Å². The summed E-state index contributed by atoms with van der Waals surface area (Å²) in [5, 5.41) is 3.85. The van der Waals surface area contributed by atoms with E-state index in [0.29, 0.717) is 10.7 Å². The predicted octanol–water partition coefficient (Wildman–Crippen LogP) is 3.41. The van der Waals surface area contributed by atoms with Gasteiger partial charge in [0.05, 0.1) is 11.1 Å². The van der Waals surface area contributed by atoms with Crippen molar-refractivity contribution in [1.82, 2.24) is 5.16 Å². The Balaban J connectivity index is 2.05. The Kier molecular flexibility index (Phi) is 3.35. The number of hydrogen-bond donors (Lipinski definition) is 0. The molecule has 0 aliphatic heterocycles. The summed E-state index contributed by atoms with van der Waals surface area (Å²) < 4.78 is 28.3. The molecule has 0 bridgehead atoms. The molecule has 0 saturated carbocycles. The summed E-state index contributed by atoms with van der Waals surface area (Å²) >= 11 is 0. The van der Waals surface area contributed by atoms with E-state index < -0.39 is 9.84 Å². The second-order valence-electron chi connectivity index (χ2n) is 4.73. The highest BCUT2D eigenvalue weighted by Crippen LogP contribution is 2.32. The summed E-state index contributed by atoms with van der Waals surface area (Å²) in [6.07, 6.45) is 2.83. The molecule has 1 heterocycles. The van der Waals surface area contributed by atoms with Crippen molar-refractivity contribution in [1.29, 1.82) is 0 Å². The fourth-order valence-corrected chi connectivity index (χ4v) is 2.76. The quantitative estimate of drug-likeness (QED) is 0.743. The zero-order chi connectivity index (χ0) is 14.9. The lowest BCUT2D eigenvalue weighted by Gasteiger charge is -2.03. The van der Waals surface area contributed by atoms with Crippen LogP contribution in [0.15, 0.2) is 70.2 Å². The van der Waals surface area contributed by atoms with E-state index >= 15 is 0 Å².